The van der Waals surface area contributed by atoms with E-state index in [4.69, 9.17) is 0 Å². The molecule has 20 heavy (non-hydrogen) atoms. The molecule has 0 saturated carbocycles. The highest BCUT2D eigenvalue weighted by Crippen LogP contribution is 2.22. The van der Waals surface area contributed by atoms with Crippen LogP contribution in [0.1, 0.15) is 85.5 Å². The van der Waals surface area contributed by atoms with Crippen LogP contribution in [0.4, 0.5) is 0 Å². The number of carbonyl (C=O) groups excluding carboxylic acids is 1. The first-order valence-electron chi connectivity index (χ1n) is 8.73. The standard InChI is InChI=1S/C17H34N2O/c1-5-8-10-11-12-14(4)19-16(7-3)18-15(17(19)20)13-9-6-2/h14-16,18H,5-13H2,1-4H3. The number of rotatable bonds is 10. The van der Waals surface area contributed by atoms with E-state index in [1.54, 1.807) is 0 Å². The molecule has 0 aromatic heterocycles. The van der Waals surface area contributed by atoms with Crippen LogP contribution in [0.2, 0.25) is 0 Å². The van der Waals surface area contributed by atoms with E-state index >= 15 is 0 Å². The van der Waals surface area contributed by atoms with Crippen molar-refractivity contribution in [2.24, 2.45) is 0 Å². The Bertz CT molecular complexity index is 280. The average molecular weight is 282 g/mol. The van der Waals surface area contributed by atoms with E-state index in [1.807, 2.05) is 0 Å². The normalized spacial score (nSPS) is 24.4. The van der Waals surface area contributed by atoms with Crippen molar-refractivity contribution < 1.29 is 4.79 Å². The van der Waals surface area contributed by atoms with Gasteiger partial charge < -0.3 is 4.90 Å². The first kappa shape index (κ1) is 17.5. The number of hydrogen-bond acceptors (Lipinski definition) is 2. The molecule has 1 amide bonds. The van der Waals surface area contributed by atoms with Crippen molar-refractivity contribution in [1.82, 2.24) is 10.2 Å². The molecule has 3 nitrogen and oxygen atoms in total. The van der Waals surface area contributed by atoms with Crippen LogP contribution in [-0.2, 0) is 4.79 Å². The van der Waals surface area contributed by atoms with Gasteiger partial charge in [0.25, 0.3) is 0 Å². The van der Waals surface area contributed by atoms with Crippen LogP contribution in [0.25, 0.3) is 0 Å². The van der Waals surface area contributed by atoms with Crippen molar-refractivity contribution in [3.05, 3.63) is 0 Å². The van der Waals surface area contributed by atoms with Crippen molar-refractivity contribution in [3.63, 3.8) is 0 Å². The summed E-state index contributed by atoms with van der Waals surface area (Å²) in [7, 11) is 0. The molecule has 0 aliphatic carbocycles. The molecule has 1 rings (SSSR count). The molecule has 1 aliphatic rings. The van der Waals surface area contributed by atoms with Crippen LogP contribution in [-0.4, -0.2) is 29.1 Å². The Balaban J connectivity index is 2.50. The van der Waals surface area contributed by atoms with Gasteiger partial charge in [-0.2, -0.15) is 0 Å². The molecule has 3 atom stereocenters. The lowest BCUT2D eigenvalue weighted by atomic mass is 10.1. The Morgan fingerprint density at radius 3 is 2.40 bits per heavy atom. The van der Waals surface area contributed by atoms with E-state index in [9.17, 15) is 4.79 Å². The van der Waals surface area contributed by atoms with Gasteiger partial charge in [0.05, 0.1) is 12.2 Å². The largest absolute Gasteiger partial charge is 0.323 e. The van der Waals surface area contributed by atoms with Crippen LogP contribution in [0.5, 0.6) is 0 Å². The minimum absolute atomic E-state index is 0.0676. The molecule has 1 heterocycles. The quantitative estimate of drug-likeness (QED) is 0.613. The monoisotopic (exact) mass is 282 g/mol. The van der Waals surface area contributed by atoms with Crippen molar-refractivity contribution in [1.29, 1.82) is 0 Å². The van der Waals surface area contributed by atoms with E-state index in [-0.39, 0.29) is 12.2 Å². The molecule has 0 bridgehead atoms. The summed E-state index contributed by atoms with van der Waals surface area (Å²) in [4.78, 5) is 14.7. The summed E-state index contributed by atoms with van der Waals surface area (Å²) in [5, 5.41) is 3.53. The lowest BCUT2D eigenvalue weighted by molar-refractivity contribution is -0.132. The molecular formula is C17H34N2O. The first-order valence-corrected chi connectivity index (χ1v) is 8.73. The first-order chi connectivity index (χ1) is 9.65. The molecular weight excluding hydrogens is 248 g/mol. The SMILES string of the molecule is CCCCCCC(C)N1C(=O)C(CCCC)NC1CC. The Labute approximate surface area is 125 Å². The molecule has 1 N–H and O–H groups in total. The highest BCUT2D eigenvalue weighted by Gasteiger charge is 2.39. The van der Waals surface area contributed by atoms with Gasteiger partial charge in [0, 0.05) is 6.04 Å². The zero-order chi connectivity index (χ0) is 15.0. The third-order valence-corrected chi connectivity index (χ3v) is 4.47. The maximum atomic E-state index is 12.6. The van der Waals surface area contributed by atoms with Crippen molar-refractivity contribution >= 4 is 5.91 Å². The lowest BCUT2D eigenvalue weighted by Crippen LogP contribution is -2.42. The third kappa shape index (κ3) is 4.76. The summed E-state index contributed by atoms with van der Waals surface area (Å²) >= 11 is 0. The Morgan fingerprint density at radius 2 is 1.80 bits per heavy atom. The van der Waals surface area contributed by atoms with Crippen molar-refractivity contribution in [2.75, 3.05) is 0 Å². The van der Waals surface area contributed by atoms with Gasteiger partial charge in [0.1, 0.15) is 0 Å². The molecule has 0 aromatic carbocycles. The fourth-order valence-electron chi connectivity index (χ4n) is 3.18. The predicted octanol–water partition coefficient (Wildman–Crippen LogP) is 4.07. The Morgan fingerprint density at radius 1 is 1.10 bits per heavy atom. The number of carbonyl (C=O) groups is 1. The maximum Gasteiger partial charge on any atom is 0.241 e. The minimum Gasteiger partial charge on any atom is -0.323 e. The average Bonchev–Trinajstić information content (AvgIpc) is 2.77. The molecule has 1 saturated heterocycles. The van der Waals surface area contributed by atoms with E-state index in [0.29, 0.717) is 11.9 Å². The van der Waals surface area contributed by atoms with Gasteiger partial charge in [-0.05, 0) is 26.2 Å². The zero-order valence-electron chi connectivity index (χ0n) is 14.0. The van der Waals surface area contributed by atoms with Crippen molar-refractivity contribution in [3.8, 4) is 0 Å². The van der Waals surface area contributed by atoms with Gasteiger partial charge >= 0.3 is 0 Å². The van der Waals surface area contributed by atoms with E-state index in [0.717, 1.165) is 32.1 Å². The van der Waals surface area contributed by atoms with Crippen LogP contribution in [0, 0.1) is 0 Å². The molecule has 1 aliphatic heterocycles. The van der Waals surface area contributed by atoms with Gasteiger partial charge in [0.15, 0.2) is 0 Å². The summed E-state index contributed by atoms with van der Waals surface area (Å²) in [5.41, 5.74) is 0. The molecule has 3 heteroatoms. The van der Waals surface area contributed by atoms with E-state index < -0.39 is 0 Å². The van der Waals surface area contributed by atoms with Crippen LogP contribution in [0.15, 0.2) is 0 Å². The molecule has 0 spiro atoms. The second-order valence-electron chi connectivity index (χ2n) is 6.23. The molecule has 0 aromatic rings. The number of hydrogen-bond donors (Lipinski definition) is 1. The molecule has 0 radical (unpaired) electrons. The van der Waals surface area contributed by atoms with Gasteiger partial charge in [-0.15, -0.1) is 0 Å². The lowest BCUT2D eigenvalue weighted by Gasteiger charge is -2.30. The van der Waals surface area contributed by atoms with E-state index in [1.165, 1.54) is 25.7 Å². The number of nitrogens with zero attached hydrogens (tertiary/aromatic N) is 1. The fourth-order valence-corrected chi connectivity index (χ4v) is 3.18. The zero-order valence-corrected chi connectivity index (χ0v) is 14.0. The summed E-state index contributed by atoms with van der Waals surface area (Å²) in [5.74, 6) is 0.341. The van der Waals surface area contributed by atoms with Gasteiger partial charge in [-0.3, -0.25) is 10.1 Å². The second kappa shape index (κ2) is 9.38. The van der Waals surface area contributed by atoms with Crippen LogP contribution in [0.3, 0.4) is 0 Å². The topological polar surface area (TPSA) is 32.3 Å². The Kier molecular flexibility index (Phi) is 8.20. The summed E-state index contributed by atoms with van der Waals surface area (Å²) in [6.45, 7) is 8.81. The highest BCUT2D eigenvalue weighted by molar-refractivity contribution is 5.84. The smallest absolute Gasteiger partial charge is 0.241 e. The minimum atomic E-state index is 0.0676. The fraction of sp³-hybridized carbons (Fsp3) is 0.941. The van der Waals surface area contributed by atoms with Crippen LogP contribution < -0.4 is 5.32 Å². The number of amides is 1. The Hall–Kier alpha value is -0.570. The maximum absolute atomic E-state index is 12.6. The summed E-state index contributed by atoms with van der Waals surface area (Å²) < 4.78 is 0. The molecule has 1 fully saturated rings. The molecule has 3 unspecified atom stereocenters. The van der Waals surface area contributed by atoms with Gasteiger partial charge in [0.2, 0.25) is 5.91 Å². The summed E-state index contributed by atoms with van der Waals surface area (Å²) in [6, 6.07) is 0.446. The van der Waals surface area contributed by atoms with E-state index in [2.05, 4.69) is 37.9 Å². The molecule has 118 valence electrons. The second-order valence-corrected chi connectivity index (χ2v) is 6.23. The number of unbranched alkanes of at least 4 members (excludes halogenated alkanes) is 4. The highest BCUT2D eigenvalue weighted by atomic mass is 16.2. The third-order valence-electron chi connectivity index (χ3n) is 4.47. The predicted molar refractivity (Wildman–Crippen MR) is 85.6 cm³/mol. The van der Waals surface area contributed by atoms with Crippen molar-refractivity contribution in [2.45, 2.75) is 104 Å². The van der Waals surface area contributed by atoms with Gasteiger partial charge in [-0.1, -0.05) is 59.3 Å². The number of nitrogens with one attached hydrogen (secondary N) is 1. The van der Waals surface area contributed by atoms with Crippen LogP contribution >= 0.6 is 0 Å². The summed E-state index contributed by atoms with van der Waals surface area (Å²) in [6.07, 6.45) is 10.8. The van der Waals surface area contributed by atoms with Gasteiger partial charge in [-0.25, -0.2) is 0 Å².